The van der Waals surface area contributed by atoms with Crippen LogP contribution in [0.3, 0.4) is 0 Å². The number of carboxylic acid groups (broad SMARTS) is 1. The molecule has 0 aliphatic carbocycles. The van der Waals surface area contributed by atoms with Gasteiger partial charge >= 0.3 is 5.97 Å². The van der Waals surface area contributed by atoms with Gasteiger partial charge in [-0.25, -0.2) is 13.1 Å². The van der Waals surface area contributed by atoms with Gasteiger partial charge in [-0.3, -0.25) is 4.79 Å². The molecule has 182 valence electrons. The van der Waals surface area contributed by atoms with Crippen LogP contribution < -0.4 is 0 Å². The number of sulfonamides is 1. The van der Waals surface area contributed by atoms with E-state index in [1.165, 1.54) is 4.31 Å². The van der Waals surface area contributed by atoms with Crippen molar-refractivity contribution >= 4 is 27.0 Å². The summed E-state index contributed by atoms with van der Waals surface area (Å²) in [5, 5.41) is 18.0. The summed E-state index contributed by atoms with van der Waals surface area (Å²) in [7, 11) is -0.299. The van der Waals surface area contributed by atoms with E-state index in [1.807, 2.05) is 51.2 Å². The summed E-state index contributed by atoms with van der Waals surface area (Å²) in [5.74, 6) is -1.34. The third-order valence-electron chi connectivity index (χ3n) is 6.45. The molecule has 4 aromatic rings. The van der Waals surface area contributed by atoms with Crippen LogP contribution in [0.15, 0.2) is 65.6 Å². The fourth-order valence-electron chi connectivity index (χ4n) is 4.38. The molecule has 4 rings (SSSR count). The fraction of sp³-hybridized carbons (Fsp3) is 0.269. The predicted molar refractivity (Wildman–Crippen MR) is 134 cm³/mol. The number of rotatable bonds is 8. The van der Waals surface area contributed by atoms with E-state index in [1.54, 1.807) is 42.1 Å². The molecule has 1 N–H and O–H groups in total. The second kappa shape index (κ2) is 9.59. The molecular weight excluding hydrogens is 464 g/mol. The molecule has 0 bridgehead atoms. The Labute approximate surface area is 204 Å². The van der Waals surface area contributed by atoms with Gasteiger partial charge in [0.2, 0.25) is 10.0 Å². The summed E-state index contributed by atoms with van der Waals surface area (Å²) in [6.07, 6.45) is -0.104. The molecule has 9 heteroatoms. The number of fused-ring (bicyclic) bond motifs is 1. The molecule has 1 aromatic heterocycles. The van der Waals surface area contributed by atoms with Gasteiger partial charge in [0.15, 0.2) is 0 Å². The van der Waals surface area contributed by atoms with Crippen molar-refractivity contribution in [1.29, 1.82) is 0 Å². The van der Waals surface area contributed by atoms with Crippen LogP contribution in [0.4, 0.5) is 0 Å². The maximum Gasteiger partial charge on any atom is 0.304 e. The van der Waals surface area contributed by atoms with Crippen LogP contribution in [-0.4, -0.2) is 45.8 Å². The number of nitrogens with zero attached hydrogens (tertiary/aromatic N) is 4. The molecule has 1 atom stereocenters. The number of carboxylic acids is 1. The van der Waals surface area contributed by atoms with E-state index in [0.29, 0.717) is 0 Å². The van der Waals surface area contributed by atoms with Crippen LogP contribution in [-0.2, 0) is 28.4 Å². The highest BCUT2D eigenvalue weighted by molar-refractivity contribution is 7.89. The van der Waals surface area contributed by atoms with Crippen molar-refractivity contribution in [1.82, 2.24) is 19.3 Å². The standard InChI is InChI=1S/C26H28N4O4S/c1-17-10-11-19(14-20(17)16-29(3)35(33,34)21-8-6-5-7-9-21)23(15-25(31)32)22-12-13-24-26(18(22)2)27-28-30(24)4/h5-14,23H,15-16H2,1-4H3,(H,31,32). The van der Waals surface area contributed by atoms with E-state index < -0.39 is 21.9 Å². The van der Waals surface area contributed by atoms with Gasteiger partial charge < -0.3 is 5.11 Å². The molecule has 0 amide bonds. The van der Waals surface area contributed by atoms with Crippen molar-refractivity contribution in [2.75, 3.05) is 7.05 Å². The Morgan fingerprint density at radius 2 is 1.80 bits per heavy atom. The first-order valence-electron chi connectivity index (χ1n) is 11.2. The molecule has 0 fully saturated rings. The van der Waals surface area contributed by atoms with Gasteiger partial charge in [0.1, 0.15) is 5.52 Å². The second-order valence-electron chi connectivity index (χ2n) is 8.77. The van der Waals surface area contributed by atoms with Crippen LogP contribution >= 0.6 is 0 Å². The molecule has 0 aliphatic rings. The van der Waals surface area contributed by atoms with Crippen molar-refractivity contribution in [2.24, 2.45) is 7.05 Å². The maximum absolute atomic E-state index is 13.0. The Morgan fingerprint density at radius 1 is 1.09 bits per heavy atom. The van der Waals surface area contributed by atoms with Crippen LogP contribution in [0.1, 0.15) is 40.2 Å². The highest BCUT2D eigenvalue weighted by atomic mass is 32.2. The monoisotopic (exact) mass is 492 g/mol. The molecular formula is C26H28N4O4S. The van der Waals surface area contributed by atoms with E-state index in [9.17, 15) is 18.3 Å². The number of carbonyl (C=O) groups is 1. The summed E-state index contributed by atoms with van der Waals surface area (Å²) < 4.78 is 29.1. The van der Waals surface area contributed by atoms with Crippen molar-refractivity contribution in [2.45, 2.75) is 37.6 Å². The molecule has 0 saturated carbocycles. The zero-order valence-electron chi connectivity index (χ0n) is 20.1. The number of aromatic nitrogens is 3. The lowest BCUT2D eigenvalue weighted by atomic mass is 9.84. The number of aryl methyl sites for hydroxylation is 3. The van der Waals surface area contributed by atoms with Gasteiger partial charge in [0.25, 0.3) is 0 Å². The van der Waals surface area contributed by atoms with E-state index in [2.05, 4.69) is 10.3 Å². The zero-order valence-corrected chi connectivity index (χ0v) is 21.0. The van der Waals surface area contributed by atoms with Crippen molar-refractivity contribution < 1.29 is 18.3 Å². The summed E-state index contributed by atoms with van der Waals surface area (Å²) in [5.41, 5.74) is 5.91. The van der Waals surface area contributed by atoms with Gasteiger partial charge in [-0.15, -0.1) is 5.10 Å². The average molecular weight is 493 g/mol. The van der Waals surface area contributed by atoms with E-state index in [4.69, 9.17) is 0 Å². The van der Waals surface area contributed by atoms with Gasteiger partial charge in [0.05, 0.1) is 16.8 Å². The summed E-state index contributed by atoms with van der Waals surface area (Å²) in [6, 6.07) is 17.9. The first-order valence-corrected chi connectivity index (χ1v) is 12.6. The Hall–Kier alpha value is -3.56. The molecule has 35 heavy (non-hydrogen) atoms. The lowest BCUT2D eigenvalue weighted by Gasteiger charge is -2.22. The smallest absolute Gasteiger partial charge is 0.304 e. The van der Waals surface area contributed by atoms with Crippen LogP contribution in [0, 0.1) is 13.8 Å². The SMILES string of the molecule is Cc1ccc(C(CC(=O)O)c2ccc3c(nnn3C)c2C)cc1CN(C)S(=O)(=O)c1ccccc1. The summed E-state index contributed by atoms with van der Waals surface area (Å²) >= 11 is 0. The molecule has 8 nitrogen and oxygen atoms in total. The molecule has 1 unspecified atom stereocenters. The predicted octanol–water partition coefficient (Wildman–Crippen LogP) is 4.01. The normalized spacial score (nSPS) is 12.8. The van der Waals surface area contributed by atoms with Crippen LogP contribution in [0.5, 0.6) is 0 Å². The van der Waals surface area contributed by atoms with Crippen molar-refractivity contribution in [3.63, 3.8) is 0 Å². The Morgan fingerprint density at radius 3 is 2.49 bits per heavy atom. The zero-order chi connectivity index (χ0) is 25.3. The molecule has 3 aromatic carbocycles. The quantitative estimate of drug-likeness (QED) is 0.398. The third kappa shape index (κ3) is 4.82. The van der Waals surface area contributed by atoms with Gasteiger partial charge in [-0.05, 0) is 59.9 Å². The summed E-state index contributed by atoms with van der Waals surface area (Å²) in [4.78, 5) is 12.1. The van der Waals surface area contributed by atoms with Crippen LogP contribution in [0.2, 0.25) is 0 Å². The first-order chi connectivity index (χ1) is 16.6. The van der Waals surface area contributed by atoms with E-state index in [-0.39, 0.29) is 17.9 Å². The lowest BCUT2D eigenvalue weighted by molar-refractivity contribution is -0.137. The average Bonchev–Trinajstić information content (AvgIpc) is 3.21. The lowest BCUT2D eigenvalue weighted by Crippen LogP contribution is -2.27. The van der Waals surface area contributed by atoms with Gasteiger partial charge in [-0.2, -0.15) is 4.31 Å². The minimum Gasteiger partial charge on any atom is -0.481 e. The largest absolute Gasteiger partial charge is 0.481 e. The van der Waals surface area contributed by atoms with Crippen LogP contribution in [0.25, 0.3) is 11.0 Å². The molecule has 1 heterocycles. The van der Waals surface area contributed by atoms with E-state index in [0.717, 1.165) is 38.9 Å². The van der Waals surface area contributed by atoms with Crippen molar-refractivity contribution in [3.8, 4) is 0 Å². The molecule has 0 saturated heterocycles. The molecule has 0 spiro atoms. The van der Waals surface area contributed by atoms with Crippen molar-refractivity contribution in [3.05, 3.63) is 88.5 Å². The second-order valence-corrected chi connectivity index (χ2v) is 10.8. The molecule has 0 radical (unpaired) electrons. The number of hydrogen-bond donors (Lipinski definition) is 1. The minimum absolute atomic E-state index is 0.104. The van der Waals surface area contributed by atoms with E-state index >= 15 is 0 Å². The molecule has 0 aliphatic heterocycles. The number of aliphatic carboxylic acids is 1. The Balaban J connectivity index is 1.73. The number of benzene rings is 3. The Kier molecular flexibility index (Phi) is 6.73. The highest BCUT2D eigenvalue weighted by Crippen LogP contribution is 2.34. The number of hydrogen-bond acceptors (Lipinski definition) is 5. The maximum atomic E-state index is 13.0. The first kappa shape index (κ1) is 24.6. The Bertz CT molecular complexity index is 1500. The highest BCUT2D eigenvalue weighted by Gasteiger charge is 2.25. The minimum atomic E-state index is -3.67. The fourth-order valence-corrected chi connectivity index (χ4v) is 5.55. The van der Waals surface area contributed by atoms with Gasteiger partial charge in [0, 0.05) is 26.6 Å². The summed E-state index contributed by atoms with van der Waals surface area (Å²) in [6.45, 7) is 4.01. The topological polar surface area (TPSA) is 105 Å². The van der Waals surface area contributed by atoms with Gasteiger partial charge in [-0.1, -0.05) is 47.7 Å². The third-order valence-corrected chi connectivity index (χ3v) is 8.27.